The molecular formula is C20H23N3O3. The Balaban J connectivity index is 1.39. The predicted molar refractivity (Wildman–Crippen MR) is 99.1 cm³/mol. The van der Waals surface area contributed by atoms with Crippen molar-refractivity contribution in [2.45, 2.75) is 38.2 Å². The molecule has 0 aliphatic heterocycles. The van der Waals surface area contributed by atoms with Gasteiger partial charge in [-0.05, 0) is 62.1 Å². The second-order valence-electron chi connectivity index (χ2n) is 6.34. The van der Waals surface area contributed by atoms with E-state index in [9.17, 15) is 9.59 Å². The molecule has 6 heteroatoms. The second kappa shape index (κ2) is 8.99. The number of rotatable bonds is 7. The standard InChI is InChI=1S/C20H23N3O3/c24-19(11-14-22-20(25)15-9-12-21-13-10-15)23-16-5-7-18(8-6-16)26-17-3-1-2-4-17/h5-10,12-13,17H,1-4,11,14H2,(H,22,25)(H,23,24). The molecule has 1 fully saturated rings. The van der Waals surface area contributed by atoms with Crippen LogP contribution in [0.3, 0.4) is 0 Å². The largest absolute Gasteiger partial charge is 0.490 e. The van der Waals surface area contributed by atoms with Crippen LogP contribution in [-0.4, -0.2) is 29.4 Å². The Morgan fingerprint density at radius 3 is 2.42 bits per heavy atom. The SMILES string of the molecule is O=C(CCNC(=O)c1ccncc1)Nc1ccc(OC2CCCC2)cc1. The van der Waals surface area contributed by atoms with E-state index in [1.54, 1.807) is 24.5 Å². The first-order chi connectivity index (χ1) is 12.7. The smallest absolute Gasteiger partial charge is 0.251 e. The summed E-state index contributed by atoms with van der Waals surface area (Å²) in [5, 5.41) is 5.54. The van der Waals surface area contributed by atoms with Crippen molar-refractivity contribution in [1.29, 1.82) is 0 Å². The lowest BCUT2D eigenvalue weighted by atomic mass is 10.2. The van der Waals surface area contributed by atoms with Crippen molar-refractivity contribution >= 4 is 17.5 Å². The minimum atomic E-state index is -0.214. The van der Waals surface area contributed by atoms with Gasteiger partial charge in [0, 0.05) is 36.6 Å². The number of benzene rings is 1. The summed E-state index contributed by atoms with van der Waals surface area (Å²) in [5.74, 6) is 0.470. The summed E-state index contributed by atoms with van der Waals surface area (Å²) in [5.41, 5.74) is 1.24. The minimum absolute atomic E-state index is 0.149. The summed E-state index contributed by atoms with van der Waals surface area (Å²) in [6.07, 6.45) is 8.33. The molecule has 1 aliphatic rings. The number of anilines is 1. The molecule has 6 nitrogen and oxygen atoms in total. The van der Waals surface area contributed by atoms with Gasteiger partial charge in [-0.1, -0.05) is 0 Å². The Hall–Kier alpha value is -2.89. The van der Waals surface area contributed by atoms with Crippen LogP contribution in [0.15, 0.2) is 48.8 Å². The molecule has 1 aromatic heterocycles. The number of aromatic nitrogens is 1. The number of hydrogen-bond acceptors (Lipinski definition) is 4. The molecule has 2 N–H and O–H groups in total. The van der Waals surface area contributed by atoms with Gasteiger partial charge in [0.2, 0.25) is 5.91 Å². The zero-order valence-electron chi connectivity index (χ0n) is 14.6. The molecular weight excluding hydrogens is 330 g/mol. The van der Waals surface area contributed by atoms with Crippen LogP contribution in [0.1, 0.15) is 42.5 Å². The molecule has 3 rings (SSSR count). The van der Waals surface area contributed by atoms with E-state index in [1.165, 1.54) is 12.8 Å². The second-order valence-corrected chi connectivity index (χ2v) is 6.34. The van der Waals surface area contributed by atoms with Gasteiger partial charge < -0.3 is 15.4 Å². The van der Waals surface area contributed by atoms with E-state index in [-0.39, 0.29) is 24.8 Å². The number of pyridine rings is 1. The number of carbonyl (C=O) groups is 2. The highest BCUT2D eigenvalue weighted by Crippen LogP contribution is 2.25. The highest BCUT2D eigenvalue weighted by atomic mass is 16.5. The average Bonchev–Trinajstić information content (AvgIpc) is 3.17. The molecule has 136 valence electrons. The fourth-order valence-electron chi connectivity index (χ4n) is 2.93. The lowest BCUT2D eigenvalue weighted by molar-refractivity contribution is -0.116. The van der Waals surface area contributed by atoms with Crippen LogP contribution in [-0.2, 0) is 4.79 Å². The topological polar surface area (TPSA) is 80.3 Å². The van der Waals surface area contributed by atoms with Crippen LogP contribution >= 0.6 is 0 Å². The number of nitrogens with zero attached hydrogens (tertiary/aromatic N) is 1. The normalized spacial score (nSPS) is 14.0. The number of carbonyl (C=O) groups excluding carboxylic acids is 2. The van der Waals surface area contributed by atoms with Crippen LogP contribution < -0.4 is 15.4 Å². The summed E-state index contributed by atoms with van der Waals surface area (Å²) >= 11 is 0. The molecule has 2 amide bonds. The monoisotopic (exact) mass is 353 g/mol. The zero-order chi connectivity index (χ0) is 18.2. The van der Waals surface area contributed by atoms with Gasteiger partial charge in [0.15, 0.2) is 0 Å². The third-order valence-corrected chi connectivity index (χ3v) is 4.32. The van der Waals surface area contributed by atoms with Gasteiger partial charge in [0.05, 0.1) is 6.10 Å². The average molecular weight is 353 g/mol. The predicted octanol–water partition coefficient (Wildman–Crippen LogP) is 3.16. The van der Waals surface area contributed by atoms with Crippen molar-refractivity contribution in [2.75, 3.05) is 11.9 Å². The van der Waals surface area contributed by atoms with Gasteiger partial charge in [0.1, 0.15) is 5.75 Å². The summed E-state index contributed by atoms with van der Waals surface area (Å²) < 4.78 is 5.90. The minimum Gasteiger partial charge on any atom is -0.490 e. The molecule has 1 aromatic carbocycles. The third-order valence-electron chi connectivity index (χ3n) is 4.32. The highest BCUT2D eigenvalue weighted by molar-refractivity contribution is 5.95. The maximum Gasteiger partial charge on any atom is 0.251 e. The molecule has 2 aromatic rings. The molecule has 0 unspecified atom stereocenters. The molecule has 0 radical (unpaired) electrons. The maximum absolute atomic E-state index is 12.0. The van der Waals surface area contributed by atoms with Crippen molar-refractivity contribution < 1.29 is 14.3 Å². The number of ether oxygens (including phenoxy) is 1. The Bertz CT molecular complexity index is 726. The van der Waals surface area contributed by atoms with E-state index in [4.69, 9.17) is 4.74 Å². The summed E-state index contributed by atoms with van der Waals surface area (Å²) in [6, 6.07) is 10.7. The molecule has 1 saturated carbocycles. The molecule has 0 atom stereocenters. The Morgan fingerprint density at radius 2 is 1.73 bits per heavy atom. The van der Waals surface area contributed by atoms with Gasteiger partial charge in [-0.3, -0.25) is 14.6 Å². The van der Waals surface area contributed by atoms with Crippen LogP contribution in [0.5, 0.6) is 5.75 Å². The number of amides is 2. The fraction of sp³-hybridized carbons (Fsp3) is 0.350. The molecule has 0 spiro atoms. The molecule has 1 heterocycles. The van der Waals surface area contributed by atoms with Crippen LogP contribution in [0.4, 0.5) is 5.69 Å². The van der Waals surface area contributed by atoms with Gasteiger partial charge in [-0.2, -0.15) is 0 Å². The lowest BCUT2D eigenvalue weighted by Gasteiger charge is -2.13. The zero-order valence-corrected chi connectivity index (χ0v) is 14.6. The van der Waals surface area contributed by atoms with Gasteiger partial charge in [0.25, 0.3) is 5.91 Å². The first-order valence-electron chi connectivity index (χ1n) is 8.95. The van der Waals surface area contributed by atoms with E-state index in [2.05, 4.69) is 15.6 Å². The first-order valence-corrected chi connectivity index (χ1v) is 8.95. The first kappa shape index (κ1) is 17.9. The van der Waals surface area contributed by atoms with Crippen LogP contribution in [0.2, 0.25) is 0 Å². The molecule has 26 heavy (non-hydrogen) atoms. The summed E-state index contributed by atoms with van der Waals surface area (Å²) in [7, 11) is 0. The Kier molecular flexibility index (Phi) is 6.19. The summed E-state index contributed by atoms with van der Waals surface area (Å²) in [4.78, 5) is 27.7. The van der Waals surface area contributed by atoms with E-state index in [0.717, 1.165) is 18.6 Å². The van der Waals surface area contributed by atoms with Gasteiger partial charge in [-0.25, -0.2) is 0 Å². The molecule has 0 saturated heterocycles. The number of hydrogen-bond donors (Lipinski definition) is 2. The molecule has 0 bridgehead atoms. The lowest BCUT2D eigenvalue weighted by Crippen LogP contribution is -2.27. The van der Waals surface area contributed by atoms with E-state index in [1.807, 2.05) is 24.3 Å². The van der Waals surface area contributed by atoms with Crippen molar-refractivity contribution in [3.05, 3.63) is 54.4 Å². The van der Waals surface area contributed by atoms with Crippen molar-refractivity contribution in [2.24, 2.45) is 0 Å². The van der Waals surface area contributed by atoms with Crippen LogP contribution in [0, 0.1) is 0 Å². The Morgan fingerprint density at radius 1 is 1.04 bits per heavy atom. The van der Waals surface area contributed by atoms with Crippen molar-refractivity contribution in [3.8, 4) is 5.75 Å². The van der Waals surface area contributed by atoms with Crippen molar-refractivity contribution in [1.82, 2.24) is 10.3 Å². The highest BCUT2D eigenvalue weighted by Gasteiger charge is 2.16. The van der Waals surface area contributed by atoms with Gasteiger partial charge in [-0.15, -0.1) is 0 Å². The summed E-state index contributed by atoms with van der Waals surface area (Å²) in [6.45, 7) is 0.274. The fourth-order valence-corrected chi connectivity index (χ4v) is 2.93. The quantitative estimate of drug-likeness (QED) is 0.801. The van der Waals surface area contributed by atoms with E-state index >= 15 is 0 Å². The Labute approximate surface area is 153 Å². The van der Waals surface area contributed by atoms with Crippen molar-refractivity contribution in [3.63, 3.8) is 0 Å². The molecule has 1 aliphatic carbocycles. The van der Waals surface area contributed by atoms with Gasteiger partial charge >= 0.3 is 0 Å². The maximum atomic E-state index is 12.0. The van der Waals surface area contributed by atoms with Crippen LogP contribution in [0.25, 0.3) is 0 Å². The van der Waals surface area contributed by atoms with E-state index < -0.39 is 0 Å². The number of nitrogens with one attached hydrogen (secondary N) is 2. The third kappa shape index (κ3) is 5.31. The van der Waals surface area contributed by atoms with E-state index in [0.29, 0.717) is 17.4 Å².